The largest absolute Gasteiger partial charge is 0.416 e. The van der Waals surface area contributed by atoms with E-state index in [0.29, 0.717) is 11.4 Å². The van der Waals surface area contributed by atoms with Gasteiger partial charge in [0, 0.05) is 18.8 Å². The molecule has 0 saturated carbocycles. The van der Waals surface area contributed by atoms with Crippen LogP contribution in [0.5, 0.6) is 0 Å². The van der Waals surface area contributed by atoms with Gasteiger partial charge in [-0.15, -0.1) is 0 Å². The van der Waals surface area contributed by atoms with Gasteiger partial charge in [-0.2, -0.15) is 18.3 Å². The number of nitrogens with zero attached hydrogens (tertiary/aromatic N) is 2. The molecule has 0 spiro atoms. The number of hydrogen-bond acceptors (Lipinski definition) is 2. The molecule has 0 aliphatic carbocycles. The van der Waals surface area contributed by atoms with Gasteiger partial charge in [-0.25, -0.2) is 5.43 Å². The van der Waals surface area contributed by atoms with E-state index in [1.54, 1.807) is 29.0 Å². The molecule has 110 valence electrons. The van der Waals surface area contributed by atoms with Crippen molar-refractivity contribution in [2.45, 2.75) is 13.1 Å². The minimum atomic E-state index is -4.40. The summed E-state index contributed by atoms with van der Waals surface area (Å²) in [5, 5.41) is 3.70. The van der Waals surface area contributed by atoms with Gasteiger partial charge in [0.25, 0.3) is 0 Å². The first-order chi connectivity index (χ1) is 9.88. The van der Waals surface area contributed by atoms with E-state index in [4.69, 9.17) is 0 Å². The molecule has 0 saturated heterocycles. The topological polar surface area (TPSA) is 46.4 Å². The fourth-order valence-electron chi connectivity index (χ4n) is 1.76. The molecule has 0 bridgehead atoms. The molecule has 0 fully saturated rings. The first-order valence-electron chi connectivity index (χ1n) is 6.02. The Hall–Kier alpha value is -2.57. The smallest absolute Gasteiger partial charge is 0.316 e. The van der Waals surface area contributed by atoms with Crippen LogP contribution in [0.1, 0.15) is 18.2 Å². The molecule has 0 atom stereocenters. The number of carbonyl (C=O) groups is 1. The molecule has 4 nitrogen and oxygen atoms in total. The van der Waals surface area contributed by atoms with Gasteiger partial charge in [0.1, 0.15) is 0 Å². The van der Waals surface area contributed by atoms with Crippen LogP contribution in [0.25, 0.3) is 5.69 Å². The Morgan fingerprint density at radius 3 is 2.71 bits per heavy atom. The van der Waals surface area contributed by atoms with Crippen LogP contribution in [0.2, 0.25) is 0 Å². The Morgan fingerprint density at radius 2 is 2.05 bits per heavy atom. The Kier molecular flexibility index (Phi) is 4.11. The van der Waals surface area contributed by atoms with Crippen LogP contribution in [-0.2, 0) is 11.0 Å². The number of aromatic nitrogens is 1. The Morgan fingerprint density at radius 1 is 1.29 bits per heavy atom. The van der Waals surface area contributed by atoms with Gasteiger partial charge < -0.3 is 4.57 Å². The van der Waals surface area contributed by atoms with Gasteiger partial charge in [0.2, 0.25) is 5.91 Å². The van der Waals surface area contributed by atoms with E-state index < -0.39 is 11.7 Å². The summed E-state index contributed by atoms with van der Waals surface area (Å²) in [6, 6.07) is 8.31. The molecule has 2 aromatic rings. The van der Waals surface area contributed by atoms with Crippen LogP contribution in [0, 0.1) is 0 Å². The predicted octanol–water partition coefficient (Wildman–Crippen LogP) is 2.97. The van der Waals surface area contributed by atoms with Crippen molar-refractivity contribution in [1.82, 2.24) is 9.99 Å². The quantitative estimate of drug-likeness (QED) is 0.687. The maximum absolute atomic E-state index is 12.7. The van der Waals surface area contributed by atoms with Crippen LogP contribution >= 0.6 is 0 Å². The number of halogens is 3. The molecule has 0 unspecified atom stereocenters. The molecule has 2 rings (SSSR count). The van der Waals surface area contributed by atoms with Gasteiger partial charge in [0.15, 0.2) is 0 Å². The summed E-state index contributed by atoms with van der Waals surface area (Å²) in [5.74, 6) is -0.330. The molecule has 1 aromatic heterocycles. The van der Waals surface area contributed by atoms with Gasteiger partial charge in [0.05, 0.1) is 17.5 Å². The maximum atomic E-state index is 12.7. The molecule has 1 amide bonds. The SMILES string of the molecule is CC(=O)N/N=C/c1cccn1-c1cccc(C(F)(F)F)c1. The standard InChI is InChI=1S/C14H12F3N3O/c1-10(21)19-18-9-13-6-3-7-20(13)12-5-2-4-11(8-12)14(15,16)17/h2-9H,1H3,(H,19,21)/b18-9+. The number of hydrogen-bond donors (Lipinski definition) is 1. The minimum Gasteiger partial charge on any atom is -0.316 e. The van der Waals surface area contributed by atoms with Gasteiger partial charge in [-0.05, 0) is 30.3 Å². The van der Waals surface area contributed by atoms with Crippen molar-refractivity contribution in [2.24, 2.45) is 5.10 Å². The lowest BCUT2D eigenvalue weighted by atomic mass is 10.2. The normalized spacial score (nSPS) is 11.8. The Balaban J connectivity index is 2.33. The van der Waals surface area contributed by atoms with E-state index in [2.05, 4.69) is 10.5 Å². The maximum Gasteiger partial charge on any atom is 0.416 e. The number of alkyl halides is 3. The average molecular weight is 295 g/mol. The third kappa shape index (κ3) is 3.71. The lowest BCUT2D eigenvalue weighted by Gasteiger charge is -2.10. The van der Waals surface area contributed by atoms with Crippen molar-refractivity contribution < 1.29 is 18.0 Å². The molecule has 0 aliphatic rings. The average Bonchev–Trinajstić information content (AvgIpc) is 2.86. The zero-order valence-corrected chi connectivity index (χ0v) is 11.1. The fourth-order valence-corrected chi connectivity index (χ4v) is 1.76. The Labute approximate surface area is 118 Å². The lowest BCUT2D eigenvalue weighted by Crippen LogP contribution is -2.13. The van der Waals surface area contributed by atoms with Crippen LogP contribution in [0.3, 0.4) is 0 Å². The predicted molar refractivity (Wildman–Crippen MR) is 72.2 cm³/mol. The summed E-state index contributed by atoms with van der Waals surface area (Å²) in [4.78, 5) is 10.7. The van der Waals surface area contributed by atoms with Crippen LogP contribution in [0.4, 0.5) is 13.2 Å². The molecule has 1 aromatic carbocycles. The number of amides is 1. The van der Waals surface area contributed by atoms with Crippen molar-refractivity contribution in [2.75, 3.05) is 0 Å². The number of rotatable bonds is 3. The van der Waals surface area contributed by atoms with E-state index in [9.17, 15) is 18.0 Å². The molecular weight excluding hydrogens is 283 g/mol. The van der Waals surface area contributed by atoms with Crippen LogP contribution in [-0.4, -0.2) is 16.7 Å². The van der Waals surface area contributed by atoms with Crippen molar-refractivity contribution in [1.29, 1.82) is 0 Å². The van der Waals surface area contributed by atoms with Gasteiger partial charge in [-0.3, -0.25) is 4.79 Å². The zero-order valence-electron chi connectivity index (χ0n) is 11.1. The van der Waals surface area contributed by atoms with Crippen LogP contribution < -0.4 is 5.43 Å². The second kappa shape index (κ2) is 5.82. The summed E-state index contributed by atoms with van der Waals surface area (Å²) >= 11 is 0. The van der Waals surface area contributed by atoms with E-state index in [1.165, 1.54) is 19.2 Å². The molecule has 7 heteroatoms. The lowest BCUT2D eigenvalue weighted by molar-refractivity contribution is -0.137. The number of hydrazone groups is 1. The first kappa shape index (κ1) is 14.8. The summed E-state index contributed by atoms with van der Waals surface area (Å²) in [6.07, 6.45) is -1.42. The molecule has 0 aliphatic heterocycles. The molecular formula is C14H12F3N3O. The molecule has 21 heavy (non-hydrogen) atoms. The highest BCUT2D eigenvalue weighted by Crippen LogP contribution is 2.30. The molecule has 0 radical (unpaired) electrons. The summed E-state index contributed by atoms with van der Waals surface area (Å²) in [5.41, 5.74) is 2.42. The highest BCUT2D eigenvalue weighted by Gasteiger charge is 2.30. The highest BCUT2D eigenvalue weighted by molar-refractivity contribution is 5.81. The fraction of sp³-hybridized carbons (Fsp3) is 0.143. The Bertz CT molecular complexity index is 674. The van der Waals surface area contributed by atoms with Gasteiger partial charge >= 0.3 is 6.18 Å². The minimum absolute atomic E-state index is 0.330. The van der Waals surface area contributed by atoms with Crippen LogP contribution in [0.15, 0.2) is 47.7 Å². The summed E-state index contributed by atoms with van der Waals surface area (Å²) in [7, 11) is 0. The molecule has 1 N–H and O–H groups in total. The van der Waals surface area contributed by atoms with E-state index in [0.717, 1.165) is 12.1 Å². The van der Waals surface area contributed by atoms with Crippen molar-refractivity contribution in [3.63, 3.8) is 0 Å². The van der Waals surface area contributed by atoms with E-state index in [-0.39, 0.29) is 5.91 Å². The number of benzene rings is 1. The van der Waals surface area contributed by atoms with Crippen molar-refractivity contribution in [3.8, 4) is 5.69 Å². The second-order valence-electron chi connectivity index (χ2n) is 4.28. The number of carbonyl (C=O) groups excluding carboxylic acids is 1. The van der Waals surface area contributed by atoms with Crippen molar-refractivity contribution in [3.05, 3.63) is 53.9 Å². The summed E-state index contributed by atoms with van der Waals surface area (Å²) in [6.45, 7) is 1.31. The monoisotopic (exact) mass is 295 g/mol. The first-order valence-corrected chi connectivity index (χ1v) is 6.02. The zero-order chi connectivity index (χ0) is 15.5. The molecule has 1 heterocycles. The van der Waals surface area contributed by atoms with E-state index in [1.807, 2.05) is 0 Å². The third-order valence-electron chi connectivity index (χ3n) is 2.65. The second-order valence-corrected chi connectivity index (χ2v) is 4.28. The number of nitrogens with one attached hydrogen (secondary N) is 1. The van der Waals surface area contributed by atoms with Gasteiger partial charge in [-0.1, -0.05) is 6.07 Å². The highest BCUT2D eigenvalue weighted by atomic mass is 19.4. The third-order valence-corrected chi connectivity index (χ3v) is 2.65. The van der Waals surface area contributed by atoms with E-state index >= 15 is 0 Å². The summed E-state index contributed by atoms with van der Waals surface area (Å²) < 4.78 is 39.7. The van der Waals surface area contributed by atoms with Crippen molar-refractivity contribution >= 4 is 12.1 Å².